The van der Waals surface area contributed by atoms with Gasteiger partial charge in [-0.3, -0.25) is 9.59 Å². The second-order valence-electron chi connectivity index (χ2n) is 5.18. The minimum atomic E-state index is -0.411. The van der Waals surface area contributed by atoms with Gasteiger partial charge in [-0.2, -0.15) is 0 Å². The van der Waals surface area contributed by atoms with E-state index in [0.717, 1.165) is 6.42 Å². The Hall–Kier alpha value is -1.84. The fourth-order valence-electron chi connectivity index (χ4n) is 3.04. The normalized spacial score (nSPS) is 25.8. The first-order chi connectivity index (χ1) is 9.67. The fourth-order valence-corrected chi connectivity index (χ4v) is 3.04. The fraction of sp³-hybridized carbons (Fsp3) is 0.500. The number of esters is 2. The van der Waals surface area contributed by atoms with Crippen molar-refractivity contribution >= 4 is 11.9 Å². The molecule has 1 fully saturated rings. The van der Waals surface area contributed by atoms with Gasteiger partial charge in [-0.05, 0) is 30.7 Å². The van der Waals surface area contributed by atoms with E-state index in [1.54, 1.807) is 0 Å². The minimum absolute atomic E-state index is 0.293. The van der Waals surface area contributed by atoms with E-state index >= 15 is 0 Å². The highest BCUT2D eigenvalue weighted by Crippen LogP contribution is 2.40. The van der Waals surface area contributed by atoms with Crippen LogP contribution in [0, 0.1) is 11.8 Å². The summed E-state index contributed by atoms with van der Waals surface area (Å²) in [6.07, 6.45) is 2.18. The molecule has 108 valence electrons. The van der Waals surface area contributed by atoms with Crippen LogP contribution in [-0.2, 0) is 19.1 Å². The number of hydrogen-bond donors (Lipinski definition) is 0. The Kier molecular flexibility index (Phi) is 4.77. The summed E-state index contributed by atoms with van der Waals surface area (Å²) in [5, 5.41) is 0. The van der Waals surface area contributed by atoms with E-state index < -0.39 is 5.92 Å². The molecule has 0 spiro atoms. The predicted octanol–water partition coefficient (Wildman–Crippen LogP) is 2.53. The van der Waals surface area contributed by atoms with E-state index in [4.69, 9.17) is 9.47 Å². The Labute approximate surface area is 119 Å². The van der Waals surface area contributed by atoms with Gasteiger partial charge in [0.05, 0.1) is 26.1 Å². The average molecular weight is 276 g/mol. The van der Waals surface area contributed by atoms with Crippen LogP contribution in [0.2, 0.25) is 0 Å². The van der Waals surface area contributed by atoms with Gasteiger partial charge in [-0.25, -0.2) is 0 Å². The van der Waals surface area contributed by atoms with Crippen molar-refractivity contribution in [2.24, 2.45) is 11.8 Å². The van der Waals surface area contributed by atoms with Gasteiger partial charge < -0.3 is 9.47 Å². The van der Waals surface area contributed by atoms with E-state index in [9.17, 15) is 9.59 Å². The summed E-state index contributed by atoms with van der Waals surface area (Å²) in [5.74, 6) is -1.13. The zero-order chi connectivity index (χ0) is 14.5. The first-order valence-electron chi connectivity index (χ1n) is 6.88. The first-order valence-corrected chi connectivity index (χ1v) is 6.88. The third-order valence-electron chi connectivity index (χ3n) is 4.13. The molecule has 1 aromatic carbocycles. The molecule has 1 aliphatic carbocycles. The second-order valence-corrected chi connectivity index (χ2v) is 5.18. The van der Waals surface area contributed by atoms with Gasteiger partial charge in [0, 0.05) is 0 Å². The molecule has 0 saturated heterocycles. The van der Waals surface area contributed by atoms with Crippen molar-refractivity contribution in [2.75, 3.05) is 14.2 Å². The van der Waals surface area contributed by atoms with Crippen molar-refractivity contribution in [1.82, 2.24) is 0 Å². The highest BCUT2D eigenvalue weighted by Gasteiger charge is 2.40. The van der Waals surface area contributed by atoms with Crippen molar-refractivity contribution in [3.63, 3.8) is 0 Å². The summed E-state index contributed by atoms with van der Waals surface area (Å²) in [4.78, 5) is 23.8. The molecular weight excluding hydrogens is 256 g/mol. The van der Waals surface area contributed by atoms with Crippen LogP contribution in [0.1, 0.15) is 30.7 Å². The first kappa shape index (κ1) is 14.6. The topological polar surface area (TPSA) is 52.6 Å². The van der Waals surface area contributed by atoms with E-state index in [-0.39, 0.29) is 17.9 Å². The molecule has 0 aliphatic heterocycles. The average Bonchev–Trinajstić information content (AvgIpc) is 2.53. The van der Waals surface area contributed by atoms with Crippen molar-refractivity contribution in [3.8, 4) is 0 Å². The summed E-state index contributed by atoms with van der Waals surface area (Å²) in [7, 11) is 2.72. The summed E-state index contributed by atoms with van der Waals surface area (Å²) >= 11 is 0. The molecule has 0 amide bonds. The maximum Gasteiger partial charge on any atom is 0.309 e. The van der Waals surface area contributed by atoms with Crippen molar-refractivity contribution in [2.45, 2.75) is 25.2 Å². The van der Waals surface area contributed by atoms with Crippen molar-refractivity contribution in [3.05, 3.63) is 35.9 Å². The zero-order valence-electron chi connectivity index (χ0n) is 11.9. The maximum absolute atomic E-state index is 11.9. The van der Waals surface area contributed by atoms with E-state index in [1.807, 2.05) is 18.2 Å². The Balaban J connectivity index is 2.17. The van der Waals surface area contributed by atoms with Crippen LogP contribution < -0.4 is 0 Å². The van der Waals surface area contributed by atoms with Crippen LogP contribution in [0.3, 0.4) is 0 Å². The number of ether oxygens (including phenoxy) is 2. The molecule has 20 heavy (non-hydrogen) atoms. The predicted molar refractivity (Wildman–Crippen MR) is 74.0 cm³/mol. The molecule has 4 nitrogen and oxygen atoms in total. The number of rotatable bonds is 3. The highest BCUT2D eigenvalue weighted by molar-refractivity contribution is 5.82. The van der Waals surface area contributed by atoms with Gasteiger partial charge in [-0.1, -0.05) is 30.3 Å². The van der Waals surface area contributed by atoms with Gasteiger partial charge in [0.25, 0.3) is 0 Å². The minimum Gasteiger partial charge on any atom is -0.469 e. The zero-order valence-corrected chi connectivity index (χ0v) is 11.9. The number of methoxy groups -OCH3 is 2. The van der Waals surface area contributed by atoms with Gasteiger partial charge >= 0.3 is 11.9 Å². The van der Waals surface area contributed by atoms with Gasteiger partial charge in [0.2, 0.25) is 0 Å². The quantitative estimate of drug-likeness (QED) is 0.796. The van der Waals surface area contributed by atoms with Gasteiger partial charge in [0.1, 0.15) is 0 Å². The Morgan fingerprint density at radius 1 is 0.950 bits per heavy atom. The van der Waals surface area contributed by atoms with E-state index in [2.05, 4.69) is 12.1 Å². The largest absolute Gasteiger partial charge is 0.469 e. The Bertz CT molecular complexity index is 469. The lowest BCUT2D eigenvalue weighted by Gasteiger charge is -2.33. The lowest BCUT2D eigenvalue weighted by atomic mass is 9.72. The maximum atomic E-state index is 11.9. The van der Waals surface area contributed by atoms with Crippen LogP contribution in [-0.4, -0.2) is 26.2 Å². The molecule has 1 saturated carbocycles. The molecule has 0 bridgehead atoms. The molecule has 3 atom stereocenters. The monoisotopic (exact) mass is 276 g/mol. The summed E-state index contributed by atoms with van der Waals surface area (Å²) in [5.41, 5.74) is 1.21. The SMILES string of the molecule is COC(=O)[C@H]1CC[C@H](c2ccccc2)C[C@@H]1C(=O)OC. The number of carbonyl (C=O) groups is 2. The lowest BCUT2D eigenvalue weighted by Crippen LogP contribution is -2.36. The molecule has 0 N–H and O–H groups in total. The molecule has 0 aromatic heterocycles. The number of hydrogen-bond acceptors (Lipinski definition) is 4. The third kappa shape index (κ3) is 3.00. The number of benzene rings is 1. The summed E-state index contributed by atoms with van der Waals surface area (Å²) < 4.78 is 9.66. The van der Waals surface area contributed by atoms with Crippen LogP contribution in [0.5, 0.6) is 0 Å². The third-order valence-corrected chi connectivity index (χ3v) is 4.13. The molecular formula is C16H20O4. The summed E-state index contributed by atoms with van der Waals surface area (Å²) in [6, 6.07) is 10.1. The van der Waals surface area contributed by atoms with Crippen LogP contribution in [0.25, 0.3) is 0 Å². The van der Waals surface area contributed by atoms with Crippen LogP contribution >= 0.6 is 0 Å². The molecule has 0 heterocycles. The Morgan fingerprint density at radius 3 is 2.15 bits per heavy atom. The second kappa shape index (κ2) is 6.55. The molecule has 0 radical (unpaired) electrons. The molecule has 0 unspecified atom stereocenters. The van der Waals surface area contributed by atoms with E-state index in [0.29, 0.717) is 18.8 Å². The van der Waals surface area contributed by atoms with E-state index in [1.165, 1.54) is 19.8 Å². The summed E-state index contributed by atoms with van der Waals surface area (Å²) in [6.45, 7) is 0. The molecule has 1 aromatic rings. The van der Waals surface area contributed by atoms with Gasteiger partial charge in [-0.15, -0.1) is 0 Å². The van der Waals surface area contributed by atoms with Crippen LogP contribution in [0.4, 0.5) is 0 Å². The molecule has 2 rings (SSSR count). The lowest BCUT2D eigenvalue weighted by molar-refractivity contribution is -0.159. The standard InChI is InChI=1S/C16H20O4/c1-19-15(17)13-9-8-12(10-14(13)16(18)20-2)11-6-4-3-5-7-11/h3-7,12-14H,8-10H2,1-2H3/t12-,13-,14-/m0/s1. The highest BCUT2D eigenvalue weighted by atomic mass is 16.5. The van der Waals surface area contributed by atoms with Crippen LogP contribution in [0.15, 0.2) is 30.3 Å². The van der Waals surface area contributed by atoms with Crippen molar-refractivity contribution < 1.29 is 19.1 Å². The molecule has 4 heteroatoms. The van der Waals surface area contributed by atoms with Gasteiger partial charge in [0.15, 0.2) is 0 Å². The molecule has 1 aliphatic rings. The van der Waals surface area contributed by atoms with Crippen molar-refractivity contribution in [1.29, 1.82) is 0 Å². The Morgan fingerprint density at radius 2 is 1.55 bits per heavy atom. The smallest absolute Gasteiger partial charge is 0.309 e. The number of carbonyl (C=O) groups excluding carboxylic acids is 2.